The van der Waals surface area contributed by atoms with E-state index < -0.39 is 0 Å². The van der Waals surface area contributed by atoms with Gasteiger partial charge in [0.25, 0.3) is 0 Å². The van der Waals surface area contributed by atoms with Crippen LogP contribution in [0.25, 0.3) is 0 Å². The van der Waals surface area contributed by atoms with E-state index in [0.29, 0.717) is 5.95 Å². The topological polar surface area (TPSA) is 49.8 Å². The molecule has 0 unspecified atom stereocenters. The van der Waals surface area contributed by atoms with Crippen LogP contribution < -0.4 is 10.6 Å². The van der Waals surface area contributed by atoms with Gasteiger partial charge in [0.1, 0.15) is 5.82 Å². The van der Waals surface area contributed by atoms with Gasteiger partial charge in [0.2, 0.25) is 5.95 Å². The molecule has 5 heteroatoms. The number of benzene rings is 2. The predicted octanol–water partition coefficient (Wildman–Crippen LogP) is 5.29. The lowest BCUT2D eigenvalue weighted by atomic mass is 10.1. The van der Waals surface area contributed by atoms with Crippen molar-refractivity contribution in [1.29, 1.82) is 0 Å². The van der Waals surface area contributed by atoms with Crippen LogP contribution in [0, 0.1) is 0 Å². The maximum atomic E-state index is 4.49. The third-order valence-electron chi connectivity index (χ3n) is 3.41. The minimum atomic E-state index is 0.561. The molecule has 0 spiro atoms. The highest BCUT2D eigenvalue weighted by Crippen LogP contribution is 2.25. The van der Waals surface area contributed by atoms with Crippen LogP contribution in [-0.2, 0) is 6.42 Å². The molecule has 3 rings (SSSR count). The third-order valence-corrected chi connectivity index (χ3v) is 4.10. The zero-order chi connectivity index (χ0) is 16.1. The molecule has 2 aromatic carbocycles. The first-order valence-corrected chi connectivity index (χ1v) is 8.24. The fourth-order valence-corrected chi connectivity index (χ4v) is 2.53. The van der Waals surface area contributed by atoms with Gasteiger partial charge in [0.15, 0.2) is 0 Å². The molecule has 4 nitrogen and oxygen atoms in total. The summed E-state index contributed by atoms with van der Waals surface area (Å²) in [6.07, 6.45) is 2.76. The van der Waals surface area contributed by atoms with E-state index in [9.17, 15) is 0 Å². The molecule has 0 saturated carbocycles. The first-order chi connectivity index (χ1) is 11.2. The number of anilines is 4. The van der Waals surface area contributed by atoms with Crippen LogP contribution in [0.2, 0.25) is 0 Å². The Hall–Kier alpha value is -2.40. The van der Waals surface area contributed by atoms with Crippen LogP contribution in [-0.4, -0.2) is 9.97 Å². The van der Waals surface area contributed by atoms with E-state index in [2.05, 4.69) is 55.6 Å². The summed E-state index contributed by atoms with van der Waals surface area (Å²) >= 11 is 3.52. The normalized spacial score (nSPS) is 10.3. The molecule has 1 aromatic heterocycles. The van der Waals surface area contributed by atoms with Gasteiger partial charge in [-0.2, -0.15) is 4.98 Å². The molecule has 0 bridgehead atoms. The van der Waals surface area contributed by atoms with E-state index in [1.807, 2.05) is 42.5 Å². The smallest absolute Gasteiger partial charge is 0.229 e. The Labute approximate surface area is 144 Å². The summed E-state index contributed by atoms with van der Waals surface area (Å²) in [5.74, 6) is 1.30. The van der Waals surface area contributed by atoms with E-state index in [-0.39, 0.29) is 0 Å². The summed E-state index contributed by atoms with van der Waals surface area (Å²) < 4.78 is 0.989. The summed E-state index contributed by atoms with van der Waals surface area (Å²) in [5, 5.41) is 6.50. The van der Waals surface area contributed by atoms with Crippen molar-refractivity contribution in [1.82, 2.24) is 9.97 Å². The summed E-state index contributed by atoms with van der Waals surface area (Å²) in [4.78, 5) is 8.76. The second-order valence-electron chi connectivity index (χ2n) is 5.05. The van der Waals surface area contributed by atoms with E-state index in [1.54, 1.807) is 6.20 Å². The lowest BCUT2D eigenvalue weighted by Gasteiger charge is -2.10. The van der Waals surface area contributed by atoms with E-state index >= 15 is 0 Å². The van der Waals surface area contributed by atoms with Crippen LogP contribution in [0.1, 0.15) is 12.5 Å². The predicted molar refractivity (Wildman–Crippen MR) is 98.6 cm³/mol. The Morgan fingerprint density at radius 3 is 2.48 bits per heavy atom. The summed E-state index contributed by atoms with van der Waals surface area (Å²) in [5.41, 5.74) is 3.24. The Morgan fingerprint density at radius 2 is 1.74 bits per heavy atom. The highest BCUT2D eigenvalue weighted by molar-refractivity contribution is 9.10. The van der Waals surface area contributed by atoms with Gasteiger partial charge < -0.3 is 10.6 Å². The van der Waals surface area contributed by atoms with Gasteiger partial charge in [-0.15, -0.1) is 0 Å². The summed E-state index contributed by atoms with van der Waals surface area (Å²) in [6, 6.07) is 18.0. The van der Waals surface area contributed by atoms with Gasteiger partial charge in [-0.3, -0.25) is 0 Å². The number of aryl methyl sites for hydroxylation is 1. The van der Waals surface area contributed by atoms with Gasteiger partial charge in [0, 0.05) is 16.4 Å². The fourth-order valence-electron chi connectivity index (χ4n) is 2.14. The molecule has 0 radical (unpaired) electrons. The fraction of sp³-hybridized carbons (Fsp3) is 0.111. The van der Waals surface area contributed by atoms with Crippen molar-refractivity contribution in [2.75, 3.05) is 10.6 Å². The largest absolute Gasteiger partial charge is 0.339 e. The highest BCUT2D eigenvalue weighted by Gasteiger charge is 2.03. The molecule has 0 fully saturated rings. The van der Waals surface area contributed by atoms with Crippen LogP contribution >= 0.6 is 15.9 Å². The quantitative estimate of drug-likeness (QED) is 0.642. The van der Waals surface area contributed by atoms with Crippen LogP contribution in [0.5, 0.6) is 0 Å². The average Bonchev–Trinajstić information content (AvgIpc) is 2.58. The van der Waals surface area contributed by atoms with Crippen molar-refractivity contribution in [3.05, 3.63) is 70.8 Å². The van der Waals surface area contributed by atoms with Gasteiger partial charge >= 0.3 is 0 Å². The molecule has 0 aliphatic rings. The number of nitrogens with one attached hydrogen (secondary N) is 2. The van der Waals surface area contributed by atoms with E-state index in [1.165, 1.54) is 5.56 Å². The number of para-hydroxylation sites is 1. The molecule has 3 aromatic rings. The third kappa shape index (κ3) is 4.07. The molecule has 0 saturated heterocycles. The number of nitrogens with zero attached hydrogens (tertiary/aromatic N) is 2. The minimum absolute atomic E-state index is 0.561. The molecule has 2 N–H and O–H groups in total. The maximum Gasteiger partial charge on any atom is 0.229 e. The molecule has 0 atom stereocenters. The Balaban J connectivity index is 1.75. The van der Waals surface area contributed by atoms with Gasteiger partial charge in [-0.25, -0.2) is 4.98 Å². The molecule has 0 aliphatic heterocycles. The molecular weight excluding hydrogens is 352 g/mol. The first-order valence-electron chi connectivity index (χ1n) is 7.45. The molecule has 0 amide bonds. The maximum absolute atomic E-state index is 4.49. The average molecular weight is 369 g/mol. The number of hydrogen-bond acceptors (Lipinski definition) is 4. The first kappa shape index (κ1) is 15.5. The summed E-state index contributed by atoms with van der Waals surface area (Å²) in [6.45, 7) is 2.14. The monoisotopic (exact) mass is 368 g/mol. The Kier molecular flexibility index (Phi) is 4.88. The second kappa shape index (κ2) is 7.24. The van der Waals surface area contributed by atoms with Crippen LogP contribution in [0.4, 0.5) is 23.1 Å². The molecule has 23 heavy (non-hydrogen) atoms. The summed E-state index contributed by atoms with van der Waals surface area (Å²) in [7, 11) is 0. The second-order valence-corrected chi connectivity index (χ2v) is 5.90. The zero-order valence-corrected chi connectivity index (χ0v) is 14.3. The minimum Gasteiger partial charge on any atom is -0.339 e. The van der Waals surface area contributed by atoms with Gasteiger partial charge in [-0.05, 0) is 58.2 Å². The standard InChI is InChI=1S/C18H17BrN4/c1-2-13-7-9-14(10-8-13)21-18-20-12-11-17(23-18)22-16-6-4-3-5-15(16)19/h3-12H,2H2,1H3,(H2,20,21,22,23). The van der Waals surface area contributed by atoms with Crippen molar-refractivity contribution in [2.45, 2.75) is 13.3 Å². The van der Waals surface area contributed by atoms with Crippen molar-refractivity contribution in [3.63, 3.8) is 0 Å². The van der Waals surface area contributed by atoms with Crippen LogP contribution in [0.3, 0.4) is 0 Å². The van der Waals surface area contributed by atoms with Crippen molar-refractivity contribution < 1.29 is 0 Å². The number of hydrogen-bond donors (Lipinski definition) is 2. The molecular formula is C18H17BrN4. The van der Waals surface area contributed by atoms with Crippen molar-refractivity contribution >= 4 is 39.1 Å². The molecule has 116 valence electrons. The zero-order valence-electron chi connectivity index (χ0n) is 12.8. The lowest BCUT2D eigenvalue weighted by Crippen LogP contribution is -2.00. The van der Waals surface area contributed by atoms with Crippen molar-refractivity contribution in [3.8, 4) is 0 Å². The van der Waals surface area contributed by atoms with Crippen LogP contribution in [0.15, 0.2) is 65.3 Å². The highest BCUT2D eigenvalue weighted by atomic mass is 79.9. The Morgan fingerprint density at radius 1 is 0.957 bits per heavy atom. The lowest BCUT2D eigenvalue weighted by molar-refractivity contribution is 1.14. The molecule has 1 heterocycles. The van der Waals surface area contributed by atoms with Crippen molar-refractivity contribution in [2.24, 2.45) is 0 Å². The van der Waals surface area contributed by atoms with Gasteiger partial charge in [0.05, 0.1) is 5.69 Å². The van der Waals surface area contributed by atoms with E-state index in [4.69, 9.17) is 0 Å². The van der Waals surface area contributed by atoms with E-state index in [0.717, 1.165) is 28.1 Å². The molecule has 0 aliphatic carbocycles. The number of rotatable bonds is 5. The SMILES string of the molecule is CCc1ccc(Nc2nccc(Nc3ccccc3Br)n2)cc1. The number of halogens is 1. The number of aromatic nitrogens is 2. The Bertz CT molecular complexity index is 787. The van der Waals surface area contributed by atoms with Gasteiger partial charge in [-0.1, -0.05) is 31.2 Å².